The van der Waals surface area contributed by atoms with E-state index in [4.69, 9.17) is 9.72 Å². The van der Waals surface area contributed by atoms with Gasteiger partial charge in [-0.2, -0.15) is 10.2 Å². The molecule has 5 aromatic heterocycles. The maximum Gasteiger partial charge on any atom is 0.159 e. The van der Waals surface area contributed by atoms with Gasteiger partial charge in [-0.15, -0.1) is 0 Å². The van der Waals surface area contributed by atoms with E-state index in [0.717, 1.165) is 57.8 Å². The second kappa shape index (κ2) is 6.86. The van der Waals surface area contributed by atoms with E-state index in [1.165, 1.54) is 12.8 Å². The zero-order valence-corrected chi connectivity index (χ0v) is 17.3. The number of pyridine rings is 2. The lowest BCUT2D eigenvalue weighted by Gasteiger charge is -2.27. The second-order valence-corrected chi connectivity index (χ2v) is 8.34. The maximum absolute atomic E-state index is 5.49. The number of aromatic amines is 2. The summed E-state index contributed by atoms with van der Waals surface area (Å²) in [5.41, 5.74) is 5.30. The highest BCUT2D eigenvalue weighted by molar-refractivity contribution is 5.96. The van der Waals surface area contributed by atoms with E-state index in [-0.39, 0.29) is 0 Å². The van der Waals surface area contributed by atoms with Gasteiger partial charge in [0.25, 0.3) is 0 Å². The van der Waals surface area contributed by atoms with Crippen molar-refractivity contribution in [1.29, 1.82) is 0 Å². The summed E-state index contributed by atoms with van der Waals surface area (Å²) in [6.07, 6.45) is 10.00. The van der Waals surface area contributed by atoms with Gasteiger partial charge in [0.15, 0.2) is 11.6 Å². The van der Waals surface area contributed by atoms with Crippen molar-refractivity contribution in [1.82, 2.24) is 39.9 Å². The summed E-state index contributed by atoms with van der Waals surface area (Å²) in [5, 5.41) is 13.1. The number of anilines is 1. The fourth-order valence-corrected chi connectivity index (χ4v) is 4.30. The fraction of sp³-hybridized carbons (Fsp3) is 0.318. The van der Waals surface area contributed by atoms with Crippen LogP contribution in [-0.4, -0.2) is 66.2 Å². The highest BCUT2D eigenvalue weighted by Crippen LogP contribution is 2.36. The molecule has 0 bridgehead atoms. The van der Waals surface area contributed by atoms with Crippen LogP contribution in [0.2, 0.25) is 0 Å². The van der Waals surface area contributed by atoms with Crippen molar-refractivity contribution < 1.29 is 4.74 Å². The number of H-pyrrole nitrogens is 2. The van der Waals surface area contributed by atoms with Crippen LogP contribution in [-0.2, 0) is 4.74 Å². The summed E-state index contributed by atoms with van der Waals surface area (Å²) >= 11 is 0. The van der Waals surface area contributed by atoms with Crippen LogP contribution in [0.15, 0.2) is 36.9 Å². The first-order chi connectivity index (χ1) is 15.8. The number of hydrogen-bond acceptors (Lipinski definition) is 7. The van der Waals surface area contributed by atoms with Gasteiger partial charge < -0.3 is 14.6 Å². The first kappa shape index (κ1) is 17.8. The Labute approximate surface area is 182 Å². The summed E-state index contributed by atoms with van der Waals surface area (Å²) in [4.78, 5) is 19.8. The number of morpholine rings is 1. The number of imidazole rings is 1. The third-order valence-electron chi connectivity index (χ3n) is 6.18. The fourth-order valence-electron chi connectivity index (χ4n) is 4.30. The Hall–Kier alpha value is -3.79. The van der Waals surface area contributed by atoms with E-state index in [1.807, 2.05) is 29.3 Å². The highest BCUT2D eigenvalue weighted by Gasteiger charge is 2.25. The molecule has 0 spiro atoms. The minimum atomic E-state index is 0.543. The standard InChI is InChI=1S/C22H21N9O/c1-2-14(1)31-12-13(10-25-31)17-9-15-18(11-24-17)28-29-19(15)21-26-16-3-4-23-22(20(16)27-21)30-5-7-32-8-6-30/h3-4,9-12,14H,1-2,5-8H2,(H,26,27)(H,28,29). The average molecular weight is 427 g/mol. The molecule has 2 fully saturated rings. The van der Waals surface area contributed by atoms with Gasteiger partial charge in [-0.05, 0) is 25.0 Å². The lowest BCUT2D eigenvalue weighted by Crippen LogP contribution is -2.36. The molecule has 1 saturated heterocycles. The molecule has 160 valence electrons. The molecule has 7 rings (SSSR count). The second-order valence-electron chi connectivity index (χ2n) is 8.34. The molecule has 2 aliphatic rings. The quantitative estimate of drug-likeness (QED) is 0.453. The van der Waals surface area contributed by atoms with Crippen molar-refractivity contribution >= 4 is 27.8 Å². The Bertz CT molecular complexity index is 1440. The molecule has 1 aliphatic heterocycles. The Balaban J connectivity index is 1.31. The number of nitrogens with one attached hydrogen (secondary N) is 2. The molecule has 0 atom stereocenters. The molecular formula is C22H21N9O. The van der Waals surface area contributed by atoms with E-state index < -0.39 is 0 Å². The van der Waals surface area contributed by atoms with Crippen LogP contribution >= 0.6 is 0 Å². The van der Waals surface area contributed by atoms with Crippen LogP contribution in [0.4, 0.5) is 5.82 Å². The highest BCUT2D eigenvalue weighted by atomic mass is 16.5. The van der Waals surface area contributed by atoms with Gasteiger partial charge in [-0.25, -0.2) is 9.97 Å². The van der Waals surface area contributed by atoms with Crippen molar-refractivity contribution in [3.05, 3.63) is 36.9 Å². The van der Waals surface area contributed by atoms with Crippen LogP contribution in [0.3, 0.4) is 0 Å². The van der Waals surface area contributed by atoms with Crippen LogP contribution < -0.4 is 4.90 Å². The molecule has 5 aromatic rings. The van der Waals surface area contributed by atoms with Gasteiger partial charge in [0.1, 0.15) is 11.2 Å². The lowest BCUT2D eigenvalue weighted by molar-refractivity contribution is 0.122. The molecule has 2 N–H and O–H groups in total. The molecule has 32 heavy (non-hydrogen) atoms. The van der Waals surface area contributed by atoms with Gasteiger partial charge in [0.2, 0.25) is 0 Å². The van der Waals surface area contributed by atoms with Gasteiger partial charge in [0, 0.05) is 36.4 Å². The zero-order chi connectivity index (χ0) is 21.1. The molecule has 6 heterocycles. The number of hydrogen-bond donors (Lipinski definition) is 2. The largest absolute Gasteiger partial charge is 0.378 e. The van der Waals surface area contributed by atoms with Gasteiger partial charge in [-0.1, -0.05) is 0 Å². The number of rotatable bonds is 4. The molecule has 0 amide bonds. The van der Waals surface area contributed by atoms with E-state index >= 15 is 0 Å². The molecule has 0 aromatic carbocycles. The smallest absolute Gasteiger partial charge is 0.159 e. The van der Waals surface area contributed by atoms with Crippen LogP contribution in [0, 0.1) is 0 Å². The number of fused-ring (bicyclic) bond motifs is 2. The average Bonchev–Trinajstić information content (AvgIpc) is 3.24. The third kappa shape index (κ3) is 2.87. The molecule has 0 unspecified atom stereocenters. The van der Waals surface area contributed by atoms with Crippen molar-refractivity contribution in [3.8, 4) is 22.8 Å². The summed E-state index contributed by atoms with van der Waals surface area (Å²) < 4.78 is 7.53. The molecular weight excluding hydrogens is 406 g/mol. The van der Waals surface area contributed by atoms with Gasteiger partial charge in [-0.3, -0.25) is 14.8 Å². The predicted molar refractivity (Wildman–Crippen MR) is 119 cm³/mol. The van der Waals surface area contributed by atoms with E-state index in [9.17, 15) is 0 Å². The normalized spacial score (nSPS) is 16.9. The first-order valence-corrected chi connectivity index (χ1v) is 10.9. The molecule has 1 saturated carbocycles. The topological polar surface area (TPSA) is 113 Å². The van der Waals surface area contributed by atoms with Crippen molar-refractivity contribution in [2.45, 2.75) is 18.9 Å². The van der Waals surface area contributed by atoms with Crippen molar-refractivity contribution in [3.63, 3.8) is 0 Å². The molecule has 10 heteroatoms. The summed E-state index contributed by atoms with van der Waals surface area (Å²) in [5.74, 6) is 1.59. The van der Waals surface area contributed by atoms with Crippen molar-refractivity contribution in [2.24, 2.45) is 0 Å². The Morgan fingerprint density at radius 3 is 2.84 bits per heavy atom. The SMILES string of the molecule is c1cc2[nH]c(-c3n[nH]c4cnc(-c5cnn(C6CC6)c5)cc34)nc2c(N2CCOCC2)n1. The van der Waals surface area contributed by atoms with E-state index in [0.29, 0.717) is 25.1 Å². The lowest BCUT2D eigenvalue weighted by atomic mass is 10.1. The summed E-state index contributed by atoms with van der Waals surface area (Å²) in [6.45, 7) is 3.02. The summed E-state index contributed by atoms with van der Waals surface area (Å²) in [6, 6.07) is 4.54. The third-order valence-corrected chi connectivity index (χ3v) is 6.18. The maximum atomic E-state index is 5.49. The first-order valence-electron chi connectivity index (χ1n) is 10.9. The monoisotopic (exact) mass is 427 g/mol. The van der Waals surface area contributed by atoms with Crippen LogP contribution in [0.1, 0.15) is 18.9 Å². The van der Waals surface area contributed by atoms with Crippen molar-refractivity contribution in [2.75, 3.05) is 31.2 Å². The minimum absolute atomic E-state index is 0.543. The van der Waals surface area contributed by atoms with E-state index in [2.05, 4.69) is 47.4 Å². The van der Waals surface area contributed by atoms with Gasteiger partial charge in [0.05, 0.1) is 48.4 Å². The minimum Gasteiger partial charge on any atom is -0.378 e. The number of nitrogens with zero attached hydrogens (tertiary/aromatic N) is 7. The Morgan fingerprint density at radius 1 is 1.06 bits per heavy atom. The Morgan fingerprint density at radius 2 is 1.97 bits per heavy atom. The Kier molecular flexibility index (Phi) is 3.82. The van der Waals surface area contributed by atoms with Crippen LogP contribution in [0.25, 0.3) is 44.7 Å². The molecule has 0 radical (unpaired) electrons. The molecule has 10 nitrogen and oxygen atoms in total. The number of aromatic nitrogens is 8. The summed E-state index contributed by atoms with van der Waals surface area (Å²) in [7, 11) is 0. The number of ether oxygens (including phenoxy) is 1. The van der Waals surface area contributed by atoms with Crippen LogP contribution in [0.5, 0.6) is 0 Å². The predicted octanol–water partition coefficient (Wildman–Crippen LogP) is 2.93. The zero-order valence-electron chi connectivity index (χ0n) is 17.3. The van der Waals surface area contributed by atoms with E-state index in [1.54, 1.807) is 0 Å². The molecule has 1 aliphatic carbocycles. The van der Waals surface area contributed by atoms with Gasteiger partial charge >= 0.3 is 0 Å².